The second-order valence-corrected chi connectivity index (χ2v) is 5.69. The van der Waals surface area contributed by atoms with Gasteiger partial charge in [-0.1, -0.05) is 6.07 Å². The fourth-order valence-electron chi connectivity index (χ4n) is 2.23. The van der Waals surface area contributed by atoms with Gasteiger partial charge in [0.15, 0.2) is 0 Å². The summed E-state index contributed by atoms with van der Waals surface area (Å²) in [7, 11) is 0. The van der Waals surface area contributed by atoms with Gasteiger partial charge >= 0.3 is 6.18 Å². The quantitative estimate of drug-likeness (QED) is 0.610. The zero-order valence-corrected chi connectivity index (χ0v) is 14.0. The summed E-state index contributed by atoms with van der Waals surface area (Å²) < 4.78 is 38.0. The van der Waals surface area contributed by atoms with Crippen molar-refractivity contribution < 1.29 is 22.9 Å². The Labute approximate surface area is 147 Å². The monoisotopic (exact) mass is 367 g/mol. The van der Waals surface area contributed by atoms with Crippen LogP contribution in [-0.4, -0.2) is 17.4 Å². The third kappa shape index (κ3) is 4.71. The highest BCUT2D eigenvalue weighted by atomic mass is 19.4. The van der Waals surface area contributed by atoms with Crippen LogP contribution < -0.4 is 10.6 Å². The van der Waals surface area contributed by atoms with Crippen molar-refractivity contribution in [3.05, 3.63) is 63.2 Å². The second kappa shape index (κ2) is 7.42. The molecule has 0 atom stereocenters. The van der Waals surface area contributed by atoms with Crippen molar-refractivity contribution in [2.75, 3.05) is 17.2 Å². The van der Waals surface area contributed by atoms with Crippen LogP contribution in [0.4, 0.5) is 30.2 Å². The molecule has 0 aliphatic heterocycles. The molecule has 9 heteroatoms. The van der Waals surface area contributed by atoms with Crippen molar-refractivity contribution >= 4 is 23.0 Å². The lowest BCUT2D eigenvalue weighted by Crippen LogP contribution is -2.22. The van der Waals surface area contributed by atoms with Gasteiger partial charge in [-0.15, -0.1) is 0 Å². The van der Waals surface area contributed by atoms with Gasteiger partial charge in [-0.25, -0.2) is 0 Å². The molecule has 0 heterocycles. The van der Waals surface area contributed by atoms with Crippen LogP contribution in [0.5, 0.6) is 0 Å². The molecule has 6 nitrogen and oxygen atoms in total. The number of rotatable bonds is 5. The van der Waals surface area contributed by atoms with Crippen molar-refractivity contribution in [1.82, 2.24) is 0 Å². The van der Waals surface area contributed by atoms with E-state index < -0.39 is 22.6 Å². The molecule has 2 rings (SSSR count). The Balaban J connectivity index is 2.09. The number of nitrogens with one attached hydrogen (secondary N) is 2. The maximum atomic E-state index is 12.7. The summed E-state index contributed by atoms with van der Waals surface area (Å²) in [5.74, 6) is -0.617. The van der Waals surface area contributed by atoms with E-state index >= 15 is 0 Å². The van der Waals surface area contributed by atoms with E-state index in [9.17, 15) is 28.1 Å². The van der Waals surface area contributed by atoms with E-state index in [1.807, 2.05) is 0 Å². The summed E-state index contributed by atoms with van der Waals surface area (Å²) >= 11 is 0. The molecule has 0 aliphatic rings. The first-order valence-corrected chi connectivity index (χ1v) is 7.54. The first-order chi connectivity index (χ1) is 12.1. The predicted molar refractivity (Wildman–Crippen MR) is 91.1 cm³/mol. The first-order valence-electron chi connectivity index (χ1n) is 7.54. The number of halogens is 3. The van der Waals surface area contributed by atoms with Gasteiger partial charge in [0.25, 0.3) is 5.69 Å². The molecule has 0 unspecified atom stereocenters. The highest BCUT2D eigenvalue weighted by Gasteiger charge is 2.30. The van der Waals surface area contributed by atoms with E-state index in [0.29, 0.717) is 5.56 Å². The smallest absolute Gasteiger partial charge is 0.376 e. The number of nitro benzene ring substituents is 1. The van der Waals surface area contributed by atoms with Gasteiger partial charge in [0.1, 0.15) is 5.69 Å². The van der Waals surface area contributed by atoms with Crippen molar-refractivity contribution in [1.29, 1.82) is 0 Å². The average Bonchev–Trinajstić information content (AvgIpc) is 2.55. The Morgan fingerprint density at radius 1 is 1.15 bits per heavy atom. The molecule has 0 aliphatic carbocycles. The molecule has 1 amide bonds. The molecular formula is C17H16F3N3O3. The zero-order chi connectivity index (χ0) is 19.5. The molecule has 2 N–H and O–H groups in total. The van der Waals surface area contributed by atoms with Crippen LogP contribution >= 0.6 is 0 Å². The number of alkyl halides is 3. The van der Waals surface area contributed by atoms with Crippen molar-refractivity contribution in [2.45, 2.75) is 20.0 Å². The van der Waals surface area contributed by atoms with Crippen LogP contribution in [0, 0.1) is 24.0 Å². The Kier molecular flexibility index (Phi) is 5.49. The third-order valence-electron chi connectivity index (χ3n) is 3.73. The molecule has 0 spiro atoms. The minimum Gasteiger partial charge on any atom is -0.376 e. The van der Waals surface area contributed by atoms with E-state index in [-0.39, 0.29) is 23.6 Å². The van der Waals surface area contributed by atoms with E-state index in [1.54, 1.807) is 13.8 Å². The predicted octanol–water partition coefficient (Wildman–Crippen LogP) is 4.28. The van der Waals surface area contributed by atoms with Gasteiger partial charge in [0, 0.05) is 11.8 Å². The lowest BCUT2D eigenvalue weighted by atomic mass is 10.1. The average molecular weight is 367 g/mol. The largest absolute Gasteiger partial charge is 0.416 e. The van der Waals surface area contributed by atoms with Crippen molar-refractivity contribution in [2.24, 2.45) is 0 Å². The molecule has 26 heavy (non-hydrogen) atoms. The zero-order valence-electron chi connectivity index (χ0n) is 14.0. The van der Waals surface area contributed by atoms with E-state index in [0.717, 1.165) is 17.7 Å². The molecule has 0 radical (unpaired) electrons. The second-order valence-electron chi connectivity index (χ2n) is 5.69. The van der Waals surface area contributed by atoms with E-state index in [4.69, 9.17) is 0 Å². The SMILES string of the molecule is Cc1cc(NC(=O)CNc2cccc(C(F)(F)F)c2)c([N+](=O)[O-])cc1C. The number of hydrogen-bond acceptors (Lipinski definition) is 4. The number of carbonyl (C=O) groups excluding carboxylic acids is 1. The van der Waals surface area contributed by atoms with E-state index in [2.05, 4.69) is 10.6 Å². The fourth-order valence-corrected chi connectivity index (χ4v) is 2.23. The molecule has 2 aromatic rings. The van der Waals surface area contributed by atoms with Crippen LogP contribution in [0.15, 0.2) is 36.4 Å². The van der Waals surface area contributed by atoms with Gasteiger partial charge in [-0.3, -0.25) is 14.9 Å². The highest BCUT2D eigenvalue weighted by Crippen LogP contribution is 2.31. The molecule has 0 fully saturated rings. The number of benzene rings is 2. The van der Waals surface area contributed by atoms with Crippen LogP contribution in [0.1, 0.15) is 16.7 Å². The molecule has 0 saturated heterocycles. The lowest BCUT2D eigenvalue weighted by Gasteiger charge is -2.12. The van der Waals surface area contributed by atoms with Crippen molar-refractivity contribution in [3.8, 4) is 0 Å². The molecule has 0 saturated carbocycles. The Bertz CT molecular complexity index is 851. The first kappa shape index (κ1) is 19.2. The Morgan fingerprint density at radius 2 is 1.81 bits per heavy atom. The van der Waals surface area contributed by atoms with Gasteiger partial charge in [-0.05, 0) is 49.2 Å². The lowest BCUT2D eigenvalue weighted by molar-refractivity contribution is -0.384. The number of carbonyl (C=O) groups is 1. The minimum atomic E-state index is -4.49. The summed E-state index contributed by atoms with van der Waals surface area (Å²) in [4.78, 5) is 22.5. The summed E-state index contributed by atoms with van der Waals surface area (Å²) in [6.07, 6.45) is -4.49. The van der Waals surface area contributed by atoms with Crippen molar-refractivity contribution in [3.63, 3.8) is 0 Å². The normalized spacial score (nSPS) is 11.1. The van der Waals surface area contributed by atoms with Crippen LogP contribution in [0.3, 0.4) is 0 Å². The fraction of sp³-hybridized carbons (Fsp3) is 0.235. The number of hydrogen-bond donors (Lipinski definition) is 2. The molecular weight excluding hydrogens is 351 g/mol. The van der Waals surface area contributed by atoms with Crippen LogP contribution in [-0.2, 0) is 11.0 Å². The summed E-state index contributed by atoms with van der Waals surface area (Å²) in [5.41, 5.74) is 0.528. The number of amides is 1. The summed E-state index contributed by atoms with van der Waals surface area (Å²) in [6, 6.07) is 7.24. The molecule has 2 aromatic carbocycles. The Hall–Kier alpha value is -3.10. The summed E-state index contributed by atoms with van der Waals surface area (Å²) in [6.45, 7) is 3.12. The van der Waals surface area contributed by atoms with Gasteiger partial charge in [-0.2, -0.15) is 13.2 Å². The number of nitrogens with zero attached hydrogens (tertiary/aromatic N) is 1. The topological polar surface area (TPSA) is 84.3 Å². The van der Waals surface area contributed by atoms with Gasteiger partial charge in [0.2, 0.25) is 5.91 Å². The summed E-state index contributed by atoms with van der Waals surface area (Å²) in [5, 5.41) is 16.1. The minimum absolute atomic E-state index is 0.0361. The number of aryl methyl sites for hydroxylation is 2. The van der Waals surface area contributed by atoms with Gasteiger partial charge < -0.3 is 10.6 Å². The van der Waals surface area contributed by atoms with E-state index in [1.165, 1.54) is 24.3 Å². The molecule has 138 valence electrons. The van der Waals surface area contributed by atoms with Crippen LogP contribution in [0.2, 0.25) is 0 Å². The van der Waals surface area contributed by atoms with Gasteiger partial charge in [0.05, 0.1) is 17.0 Å². The highest BCUT2D eigenvalue weighted by molar-refractivity contribution is 5.96. The molecule has 0 aromatic heterocycles. The maximum Gasteiger partial charge on any atom is 0.416 e. The number of anilines is 2. The van der Waals surface area contributed by atoms with Crippen LogP contribution in [0.25, 0.3) is 0 Å². The standard InChI is InChI=1S/C17H16F3N3O3/c1-10-6-14(15(23(25)26)7-11(10)2)22-16(24)9-21-13-5-3-4-12(8-13)17(18,19)20/h3-8,21H,9H2,1-2H3,(H,22,24). The third-order valence-corrected chi connectivity index (χ3v) is 3.73. The molecule has 0 bridgehead atoms. The Morgan fingerprint density at radius 3 is 2.42 bits per heavy atom. The number of nitro groups is 1. The maximum absolute atomic E-state index is 12.7.